The summed E-state index contributed by atoms with van der Waals surface area (Å²) < 4.78 is 10.9. The Kier molecular flexibility index (Phi) is 10.1. The van der Waals surface area contributed by atoms with Crippen molar-refractivity contribution in [2.75, 3.05) is 20.3 Å². The van der Waals surface area contributed by atoms with E-state index in [0.29, 0.717) is 35.2 Å². The number of amides is 1. The van der Waals surface area contributed by atoms with Crippen molar-refractivity contribution in [1.82, 2.24) is 5.32 Å². The van der Waals surface area contributed by atoms with Gasteiger partial charge in [-0.15, -0.1) is 12.4 Å². The summed E-state index contributed by atoms with van der Waals surface area (Å²) in [7, 11) is 1.52. The lowest BCUT2D eigenvalue weighted by Gasteiger charge is -2.31. The highest BCUT2D eigenvalue weighted by molar-refractivity contribution is 6.32. The Morgan fingerprint density at radius 3 is 2.38 bits per heavy atom. The van der Waals surface area contributed by atoms with Gasteiger partial charge in [0.2, 0.25) is 0 Å². The van der Waals surface area contributed by atoms with Gasteiger partial charge in [0.1, 0.15) is 0 Å². The fraction of sp³-hybridized carbons (Fsp3) is 0.588. The second-order valence-electron chi connectivity index (χ2n) is 5.48. The van der Waals surface area contributed by atoms with E-state index in [1.54, 1.807) is 12.1 Å². The Balaban J connectivity index is 0.00000529. The predicted octanol–water partition coefficient (Wildman–Crippen LogP) is 3.81. The molecule has 0 fully saturated rings. The van der Waals surface area contributed by atoms with Gasteiger partial charge in [-0.1, -0.05) is 32.4 Å². The fourth-order valence-electron chi connectivity index (χ4n) is 2.27. The topological polar surface area (TPSA) is 73.6 Å². The molecule has 0 aliphatic heterocycles. The van der Waals surface area contributed by atoms with Crippen LogP contribution in [0.4, 0.5) is 0 Å². The molecule has 0 aliphatic carbocycles. The molecule has 0 radical (unpaired) electrons. The number of carbonyl (C=O) groups excluding carboxylic acids is 1. The summed E-state index contributed by atoms with van der Waals surface area (Å²) in [5.74, 6) is 0.687. The van der Waals surface area contributed by atoms with Gasteiger partial charge in [-0.3, -0.25) is 4.79 Å². The predicted molar refractivity (Wildman–Crippen MR) is 101 cm³/mol. The van der Waals surface area contributed by atoms with Crippen LogP contribution < -0.4 is 20.5 Å². The molecular weight excluding hydrogens is 351 g/mol. The van der Waals surface area contributed by atoms with Crippen LogP contribution in [0.15, 0.2) is 12.1 Å². The van der Waals surface area contributed by atoms with Crippen molar-refractivity contribution >= 4 is 29.9 Å². The highest BCUT2D eigenvalue weighted by Crippen LogP contribution is 2.36. The fourth-order valence-corrected chi connectivity index (χ4v) is 2.54. The van der Waals surface area contributed by atoms with E-state index in [1.165, 1.54) is 7.11 Å². The van der Waals surface area contributed by atoms with Crippen LogP contribution in [-0.4, -0.2) is 31.7 Å². The molecule has 1 aromatic rings. The molecule has 0 saturated heterocycles. The molecule has 1 aromatic carbocycles. The van der Waals surface area contributed by atoms with Gasteiger partial charge in [-0.2, -0.15) is 0 Å². The molecule has 0 aromatic heterocycles. The van der Waals surface area contributed by atoms with E-state index < -0.39 is 5.54 Å². The van der Waals surface area contributed by atoms with Crippen molar-refractivity contribution in [2.45, 2.75) is 45.6 Å². The van der Waals surface area contributed by atoms with Crippen LogP contribution in [0.2, 0.25) is 5.02 Å². The maximum absolute atomic E-state index is 12.6. The van der Waals surface area contributed by atoms with Gasteiger partial charge >= 0.3 is 0 Å². The number of carbonyl (C=O) groups is 1. The molecule has 7 heteroatoms. The van der Waals surface area contributed by atoms with Gasteiger partial charge in [0.25, 0.3) is 5.91 Å². The third kappa shape index (κ3) is 5.43. The molecule has 0 spiro atoms. The summed E-state index contributed by atoms with van der Waals surface area (Å²) in [6.45, 7) is 6.93. The number of methoxy groups -OCH3 is 1. The van der Waals surface area contributed by atoms with Crippen LogP contribution >= 0.6 is 24.0 Å². The molecule has 1 amide bonds. The van der Waals surface area contributed by atoms with Crippen LogP contribution in [0.3, 0.4) is 0 Å². The largest absolute Gasteiger partial charge is 0.493 e. The van der Waals surface area contributed by atoms with E-state index in [-0.39, 0.29) is 18.3 Å². The molecule has 138 valence electrons. The van der Waals surface area contributed by atoms with Crippen LogP contribution in [0.25, 0.3) is 0 Å². The number of rotatable bonds is 9. The van der Waals surface area contributed by atoms with Crippen molar-refractivity contribution in [3.8, 4) is 11.5 Å². The van der Waals surface area contributed by atoms with Gasteiger partial charge in [0.15, 0.2) is 11.5 Å². The minimum absolute atomic E-state index is 0. The van der Waals surface area contributed by atoms with E-state index >= 15 is 0 Å². The highest BCUT2D eigenvalue weighted by Gasteiger charge is 2.27. The first-order valence-corrected chi connectivity index (χ1v) is 8.37. The normalized spacial score (nSPS) is 10.8. The Labute approximate surface area is 155 Å². The molecule has 24 heavy (non-hydrogen) atoms. The average molecular weight is 379 g/mol. The summed E-state index contributed by atoms with van der Waals surface area (Å²) in [6.07, 6.45) is 2.37. The van der Waals surface area contributed by atoms with Gasteiger partial charge in [0, 0.05) is 12.1 Å². The Hall–Kier alpha value is -1.17. The monoisotopic (exact) mass is 378 g/mol. The summed E-state index contributed by atoms with van der Waals surface area (Å²) in [5, 5.41) is 3.37. The summed E-state index contributed by atoms with van der Waals surface area (Å²) in [6, 6.07) is 3.23. The van der Waals surface area contributed by atoms with E-state index in [2.05, 4.69) is 5.32 Å². The lowest BCUT2D eigenvalue weighted by atomic mass is 9.92. The lowest BCUT2D eigenvalue weighted by Crippen LogP contribution is -2.52. The van der Waals surface area contributed by atoms with Crippen molar-refractivity contribution in [3.05, 3.63) is 22.7 Å². The molecule has 3 N–H and O–H groups in total. The standard InChI is InChI=1S/C17H27ClN2O3.ClH/c1-5-8-23-15-13(18)9-12(10-14(15)22-4)16(21)20-17(6-2,7-3)11-19;/h9-10H,5-8,11,19H2,1-4H3,(H,20,21);1H. The SMILES string of the molecule is CCCOc1c(Cl)cc(C(=O)NC(CC)(CC)CN)cc1OC.Cl. The number of benzene rings is 1. The second kappa shape index (κ2) is 10.6. The molecule has 0 atom stereocenters. The van der Waals surface area contributed by atoms with Crippen molar-refractivity contribution < 1.29 is 14.3 Å². The number of ether oxygens (including phenoxy) is 2. The maximum Gasteiger partial charge on any atom is 0.251 e. The van der Waals surface area contributed by atoms with Gasteiger partial charge in [-0.25, -0.2) is 0 Å². The quantitative estimate of drug-likeness (QED) is 0.684. The molecule has 0 unspecified atom stereocenters. The minimum atomic E-state index is -0.409. The highest BCUT2D eigenvalue weighted by atomic mass is 35.5. The summed E-state index contributed by atoms with van der Waals surface area (Å²) >= 11 is 6.26. The van der Waals surface area contributed by atoms with E-state index in [4.69, 9.17) is 26.8 Å². The van der Waals surface area contributed by atoms with Crippen molar-refractivity contribution in [3.63, 3.8) is 0 Å². The van der Waals surface area contributed by atoms with Gasteiger partial charge in [0.05, 0.1) is 24.3 Å². The Morgan fingerprint density at radius 1 is 1.29 bits per heavy atom. The minimum Gasteiger partial charge on any atom is -0.493 e. The first-order chi connectivity index (χ1) is 11.0. The molecule has 0 heterocycles. The number of halogens is 2. The number of nitrogens with two attached hydrogens (primary N) is 1. The first kappa shape index (κ1) is 22.8. The number of hydrogen-bond donors (Lipinski definition) is 2. The van der Waals surface area contributed by atoms with E-state index in [1.807, 2.05) is 20.8 Å². The van der Waals surface area contributed by atoms with Crippen LogP contribution in [0.1, 0.15) is 50.4 Å². The third-order valence-electron chi connectivity index (χ3n) is 4.07. The van der Waals surface area contributed by atoms with Crippen LogP contribution in [0.5, 0.6) is 11.5 Å². The second-order valence-corrected chi connectivity index (χ2v) is 5.89. The maximum atomic E-state index is 12.6. The van der Waals surface area contributed by atoms with Crippen molar-refractivity contribution in [1.29, 1.82) is 0 Å². The molecule has 5 nitrogen and oxygen atoms in total. The zero-order valence-corrected chi connectivity index (χ0v) is 16.4. The zero-order valence-electron chi connectivity index (χ0n) is 14.8. The molecule has 0 saturated carbocycles. The lowest BCUT2D eigenvalue weighted by molar-refractivity contribution is 0.0895. The van der Waals surface area contributed by atoms with Crippen LogP contribution in [0, 0.1) is 0 Å². The molecule has 0 bridgehead atoms. The Bertz CT molecular complexity index is 527. The number of nitrogens with one attached hydrogen (secondary N) is 1. The molecule has 0 aliphatic rings. The summed E-state index contributed by atoms with van der Waals surface area (Å²) in [4.78, 5) is 12.6. The Morgan fingerprint density at radius 2 is 1.92 bits per heavy atom. The third-order valence-corrected chi connectivity index (χ3v) is 4.35. The van der Waals surface area contributed by atoms with E-state index in [0.717, 1.165) is 19.3 Å². The summed E-state index contributed by atoms with van der Waals surface area (Å²) in [5.41, 5.74) is 5.85. The van der Waals surface area contributed by atoms with Gasteiger partial charge < -0.3 is 20.5 Å². The molecule has 1 rings (SSSR count). The average Bonchev–Trinajstić information content (AvgIpc) is 2.57. The molecular formula is C17H28Cl2N2O3. The van der Waals surface area contributed by atoms with E-state index in [9.17, 15) is 4.79 Å². The van der Waals surface area contributed by atoms with Crippen molar-refractivity contribution in [2.24, 2.45) is 5.73 Å². The zero-order chi connectivity index (χ0) is 17.5. The van der Waals surface area contributed by atoms with Crippen LogP contribution in [-0.2, 0) is 0 Å². The first-order valence-electron chi connectivity index (χ1n) is 7.99. The van der Waals surface area contributed by atoms with Gasteiger partial charge in [-0.05, 0) is 31.4 Å². The number of hydrogen-bond acceptors (Lipinski definition) is 4. The smallest absolute Gasteiger partial charge is 0.251 e.